The molecule has 0 spiro atoms. The highest BCUT2D eigenvalue weighted by Crippen LogP contribution is 1.98. The first-order valence-electron chi connectivity index (χ1n) is 3.75. The van der Waals surface area contributed by atoms with Crippen molar-refractivity contribution in [2.24, 2.45) is 4.99 Å². The highest BCUT2D eigenvalue weighted by molar-refractivity contribution is 5.89. The largest absolute Gasteiger partial charge is 0.464 e. The van der Waals surface area contributed by atoms with Crippen LogP contribution in [0.2, 0.25) is 0 Å². The average molecular weight is 181 g/mol. The molecule has 0 fully saturated rings. The van der Waals surface area contributed by atoms with Crippen molar-refractivity contribution in [2.75, 3.05) is 14.2 Å². The molecule has 1 aromatic rings. The molecule has 0 aliphatic carbocycles. The van der Waals surface area contributed by atoms with E-state index in [4.69, 9.17) is 0 Å². The van der Waals surface area contributed by atoms with Gasteiger partial charge in [-0.2, -0.15) is 0 Å². The molecular formula is C8H11N3O2. The van der Waals surface area contributed by atoms with Gasteiger partial charge in [-0.1, -0.05) is 0 Å². The molecule has 13 heavy (non-hydrogen) atoms. The van der Waals surface area contributed by atoms with Crippen molar-refractivity contribution in [1.82, 2.24) is 9.55 Å². The Morgan fingerprint density at radius 3 is 2.92 bits per heavy atom. The Kier molecular flexibility index (Phi) is 2.79. The maximum Gasteiger partial charge on any atom is 0.358 e. The van der Waals surface area contributed by atoms with Crippen LogP contribution in [0.3, 0.4) is 0 Å². The molecule has 0 radical (unpaired) electrons. The van der Waals surface area contributed by atoms with Crippen LogP contribution in [0, 0.1) is 0 Å². The smallest absolute Gasteiger partial charge is 0.358 e. The van der Waals surface area contributed by atoms with E-state index in [1.165, 1.54) is 13.4 Å². The average Bonchev–Trinajstić information content (AvgIpc) is 2.64. The molecule has 0 saturated carbocycles. The van der Waals surface area contributed by atoms with Crippen LogP contribution in [-0.2, 0) is 4.74 Å². The lowest BCUT2D eigenvalue weighted by Gasteiger charge is -1.96. The monoisotopic (exact) mass is 181 g/mol. The van der Waals surface area contributed by atoms with E-state index in [1.807, 2.05) is 6.92 Å². The van der Waals surface area contributed by atoms with E-state index >= 15 is 0 Å². The van der Waals surface area contributed by atoms with Crippen LogP contribution in [-0.4, -0.2) is 35.5 Å². The Labute approximate surface area is 76.1 Å². The van der Waals surface area contributed by atoms with Gasteiger partial charge in [0.15, 0.2) is 5.69 Å². The third kappa shape index (κ3) is 1.93. The van der Waals surface area contributed by atoms with Gasteiger partial charge in [-0.15, -0.1) is 0 Å². The van der Waals surface area contributed by atoms with Crippen molar-refractivity contribution in [1.29, 1.82) is 0 Å². The lowest BCUT2D eigenvalue weighted by atomic mass is 10.5. The van der Waals surface area contributed by atoms with E-state index in [0.29, 0.717) is 0 Å². The number of hydrogen-bond donors (Lipinski definition) is 0. The zero-order valence-electron chi connectivity index (χ0n) is 7.81. The minimum Gasteiger partial charge on any atom is -0.464 e. The number of rotatable bonds is 1. The number of esters is 1. The predicted molar refractivity (Wildman–Crippen MR) is 48.0 cm³/mol. The Morgan fingerprint density at radius 2 is 2.38 bits per heavy atom. The summed E-state index contributed by atoms with van der Waals surface area (Å²) < 4.78 is 6.17. The fourth-order valence-electron chi connectivity index (χ4n) is 0.825. The molecule has 1 heterocycles. The number of carbonyl (C=O) groups excluding carboxylic acids is 1. The van der Waals surface area contributed by atoms with Crippen molar-refractivity contribution in [2.45, 2.75) is 6.92 Å². The lowest BCUT2D eigenvalue weighted by molar-refractivity contribution is 0.0594. The van der Waals surface area contributed by atoms with Gasteiger partial charge in [0, 0.05) is 13.2 Å². The third-order valence-corrected chi connectivity index (χ3v) is 1.67. The molecule has 0 aromatic carbocycles. The SMILES string of the molecule is CN=C(C)n1cnc(C(=O)OC)c1. The summed E-state index contributed by atoms with van der Waals surface area (Å²) in [6.45, 7) is 1.82. The summed E-state index contributed by atoms with van der Waals surface area (Å²) in [6.07, 6.45) is 3.10. The predicted octanol–water partition coefficient (Wildman–Crippen LogP) is 0.566. The maximum atomic E-state index is 11.0. The van der Waals surface area contributed by atoms with Gasteiger partial charge in [0.25, 0.3) is 0 Å². The highest BCUT2D eigenvalue weighted by Gasteiger charge is 2.09. The van der Waals surface area contributed by atoms with Crippen LogP contribution in [0.4, 0.5) is 0 Å². The van der Waals surface area contributed by atoms with Crippen molar-refractivity contribution >= 4 is 11.8 Å². The Hall–Kier alpha value is -1.65. The first-order valence-corrected chi connectivity index (χ1v) is 3.75. The van der Waals surface area contributed by atoms with Gasteiger partial charge in [-0.25, -0.2) is 9.78 Å². The molecule has 0 aliphatic rings. The van der Waals surface area contributed by atoms with Gasteiger partial charge in [-0.3, -0.25) is 9.56 Å². The summed E-state index contributed by atoms with van der Waals surface area (Å²) in [6, 6.07) is 0. The van der Waals surface area contributed by atoms with Crippen molar-refractivity contribution < 1.29 is 9.53 Å². The molecule has 0 aliphatic heterocycles. The summed E-state index contributed by atoms with van der Waals surface area (Å²) in [5.74, 6) is 0.324. The fraction of sp³-hybridized carbons (Fsp3) is 0.375. The molecule has 0 unspecified atom stereocenters. The highest BCUT2D eigenvalue weighted by atomic mass is 16.5. The van der Waals surface area contributed by atoms with E-state index in [2.05, 4.69) is 14.7 Å². The van der Waals surface area contributed by atoms with Crippen molar-refractivity contribution in [3.63, 3.8) is 0 Å². The third-order valence-electron chi connectivity index (χ3n) is 1.67. The van der Waals surface area contributed by atoms with Crippen LogP contribution in [0.1, 0.15) is 17.4 Å². The van der Waals surface area contributed by atoms with E-state index < -0.39 is 5.97 Å². The lowest BCUT2D eigenvalue weighted by Crippen LogP contribution is -2.05. The minimum atomic E-state index is -0.442. The van der Waals surface area contributed by atoms with Crippen LogP contribution >= 0.6 is 0 Å². The number of nitrogens with zero attached hydrogens (tertiary/aromatic N) is 3. The van der Waals surface area contributed by atoms with Gasteiger partial charge in [0.05, 0.1) is 7.11 Å². The Morgan fingerprint density at radius 1 is 1.69 bits per heavy atom. The minimum absolute atomic E-state index is 0.283. The van der Waals surface area contributed by atoms with Gasteiger partial charge in [0.1, 0.15) is 12.2 Å². The number of ether oxygens (including phenoxy) is 1. The van der Waals surface area contributed by atoms with Crippen LogP contribution in [0.25, 0.3) is 0 Å². The number of aliphatic imine (C=N–C) groups is 1. The van der Waals surface area contributed by atoms with Gasteiger partial charge < -0.3 is 4.74 Å². The van der Waals surface area contributed by atoms with Crippen molar-refractivity contribution in [3.05, 3.63) is 18.2 Å². The normalized spacial score (nSPS) is 11.5. The molecule has 5 nitrogen and oxygen atoms in total. The van der Waals surface area contributed by atoms with E-state index in [0.717, 1.165) is 5.84 Å². The zero-order chi connectivity index (χ0) is 9.84. The van der Waals surface area contributed by atoms with Crippen molar-refractivity contribution in [3.8, 4) is 0 Å². The molecule has 70 valence electrons. The van der Waals surface area contributed by atoms with Crippen LogP contribution in [0.5, 0.6) is 0 Å². The Bertz CT molecular complexity index is 341. The fourth-order valence-corrected chi connectivity index (χ4v) is 0.825. The van der Waals surface area contributed by atoms with E-state index in [-0.39, 0.29) is 5.69 Å². The number of aromatic nitrogens is 2. The maximum absolute atomic E-state index is 11.0. The molecule has 0 atom stereocenters. The second-order valence-electron chi connectivity index (χ2n) is 2.43. The van der Waals surface area contributed by atoms with Crippen LogP contribution < -0.4 is 0 Å². The van der Waals surface area contributed by atoms with Gasteiger partial charge in [0.2, 0.25) is 0 Å². The van der Waals surface area contributed by atoms with E-state index in [9.17, 15) is 4.79 Å². The first kappa shape index (κ1) is 9.44. The quantitative estimate of drug-likeness (QED) is 0.361. The molecule has 0 saturated heterocycles. The summed E-state index contributed by atoms with van der Waals surface area (Å²) in [5.41, 5.74) is 0.283. The summed E-state index contributed by atoms with van der Waals surface area (Å²) in [5, 5.41) is 0. The molecular weight excluding hydrogens is 170 g/mol. The van der Waals surface area contributed by atoms with Crippen LogP contribution in [0.15, 0.2) is 17.5 Å². The number of methoxy groups -OCH3 is 1. The number of carbonyl (C=O) groups is 1. The van der Waals surface area contributed by atoms with Gasteiger partial charge in [-0.05, 0) is 6.92 Å². The second kappa shape index (κ2) is 3.84. The topological polar surface area (TPSA) is 56.5 Å². The molecule has 1 aromatic heterocycles. The standard InChI is InChI=1S/C8H11N3O2/c1-6(9-2)11-4-7(10-5-11)8(12)13-3/h4-5H,1-3H3. The Balaban J connectivity index is 2.93. The first-order chi connectivity index (χ1) is 6.19. The number of hydrogen-bond acceptors (Lipinski definition) is 4. The molecule has 0 bridgehead atoms. The second-order valence-corrected chi connectivity index (χ2v) is 2.43. The molecule has 0 amide bonds. The number of imidazole rings is 1. The van der Waals surface area contributed by atoms with Gasteiger partial charge >= 0.3 is 5.97 Å². The van der Waals surface area contributed by atoms with E-state index in [1.54, 1.807) is 17.8 Å². The summed E-state index contributed by atoms with van der Waals surface area (Å²) in [7, 11) is 3.00. The summed E-state index contributed by atoms with van der Waals surface area (Å²) in [4.78, 5) is 18.8. The molecule has 0 N–H and O–H groups in total. The molecule has 1 rings (SSSR count). The molecule has 5 heteroatoms. The summed E-state index contributed by atoms with van der Waals surface area (Å²) >= 11 is 0. The zero-order valence-corrected chi connectivity index (χ0v) is 7.81.